The van der Waals surface area contributed by atoms with Crippen LogP contribution in [0.1, 0.15) is 43.0 Å². The van der Waals surface area contributed by atoms with Crippen LogP contribution < -0.4 is 5.32 Å². The lowest BCUT2D eigenvalue weighted by atomic mass is 10.0. The van der Waals surface area contributed by atoms with E-state index >= 15 is 0 Å². The first-order valence-corrected chi connectivity index (χ1v) is 9.48. The molecular formula is C14H17Cl2NO3S. The maximum Gasteiger partial charge on any atom is 0.261 e. The summed E-state index contributed by atoms with van der Waals surface area (Å²) < 4.78 is 22.7. The van der Waals surface area contributed by atoms with Crippen LogP contribution in [-0.4, -0.2) is 20.9 Å². The number of carbonyl (C=O) groups excluding carboxylic acids is 1. The van der Waals surface area contributed by atoms with Gasteiger partial charge in [-0.2, -0.15) is 0 Å². The summed E-state index contributed by atoms with van der Waals surface area (Å²) in [7, 11) is 1.38. The van der Waals surface area contributed by atoms with Crippen molar-refractivity contribution in [1.29, 1.82) is 0 Å². The van der Waals surface area contributed by atoms with Crippen molar-refractivity contribution in [3.8, 4) is 0 Å². The Labute approximate surface area is 134 Å². The highest BCUT2D eigenvalue weighted by molar-refractivity contribution is 8.13. The van der Waals surface area contributed by atoms with Crippen LogP contribution in [0.2, 0.25) is 5.02 Å². The minimum atomic E-state index is -3.91. The molecule has 1 aliphatic carbocycles. The van der Waals surface area contributed by atoms with Gasteiger partial charge in [0.2, 0.25) is 0 Å². The first-order chi connectivity index (χ1) is 9.76. The van der Waals surface area contributed by atoms with Crippen LogP contribution in [0.3, 0.4) is 0 Å². The van der Waals surface area contributed by atoms with Crippen molar-refractivity contribution in [1.82, 2.24) is 5.32 Å². The first-order valence-electron chi connectivity index (χ1n) is 6.79. The molecule has 116 valence electrons. The Morgan fingerprint density at radius 3 is 2.52 bits per heavy atom. The van der Waals surface area contributed by atoms with Crippen molar-refractivity contribution >= 4 is 37.2 Å². The van der Waals surface area contributed by atoms with Gasteiger partial charge in [0.1, 0.15) is 0 Å². The second-order valence-electron chi connectivity index (χ2n) is 5.55. The molecular weight excluding hydrogens is 333 g/mol. The van der Waals surface area contributed by atoms with Crippen LogP contribution in [0.25, 0.3) is 0 Å². The Kier molecular flexibility index (Phi) is 4.85. The highest BCUT2D eigenvalue weighted by Crippen LogP contribution is 2.48. The Hall–Kier alpha value is -0.780. The molecule has 21 heavy (non-hydrogen) atoms. The molecule has 0 aromatic heterocycles. The Bertz CT molecular complexity index is 654. The van der Waals surface area contributed by atoms with Gasteiger partial charge in [0, 0.05) is 27.8 Å². The average molecular weight is 350 g/mol. The van der Waals surface area contributed by atoms with Crippen LogP contribution in [0.15, 0.2) is 23.1 Å². The molecule has 0 bridgehead atoms. The first kappa shape index (κ1) is 16.6. The summed E-state index contributed by atoms with van der Waals surface area (Å²) in [5, 5.41) is 3.02. The lowest BCUT2D eigenvalue weighted by Gasteiger charge is -2.15. The Morgan fingerprint density at radius 2 is 2.00 bits per heavy atom. The van der Waals surface area contributed by atoms with Gasteiger partial charge in [-0.25, -0.2) is 8.42 Å². The standard InChI is InChI=1S/C14H17Cl2NO3S/c1-2-3-14(4-5-14)9-17-13(18)10-6-11(15)8-12(7-10)21(16,19)20/h6-8H,2-5,9H2,1H3,(H,17,18). The average Bonchev–Trinajstić information content (AvgIpc) is 3.15. The summed E-state index contributed by atoms with van der Waals surface area (Å²) in [4.78, 5) is 12.0. The van der Waals surface area contributed by atoms with E-state index in [2.05, 4.69) is 12.2 Å². The number of amides is 1. The molecule has 1 N–H and O–H groups in total. The maximum absolute atomic E-state index is 12.1. The van der Waals surface area contributed by atoms with Gasteiger partial charge < -0.3 is 5.32 Å². The Morgan fingerprint density at radius 1 is 1.33 bits per heavy atom. The predicted molar refractivity (Wildman–Crippen MR) is 83.4 cm³/mol. The molecule has 1 saturated carbocycles. The number of hydrogen-bond acceptors (Lipinski definition) is 3. The third-order valence-electron chi connectivity index (χ3n) is 3.78. The third kappa shape index (κ3) is 4.34. The van der Waals surface area contributed by atoms with E-state index in [1.54, 1.807) is 0 Å². The zero-order valence-electron chi connectivity index (χ0n) is 11.7. The molecule has 0 heterocycles. The monoisotopic (exact) mass is 349 g/mol. The second kappa shape index (κ2) is 6.15. The SMILES string of the molecule is CCCC1(CNC(=O)c2cc(Cl)cc(S(=O)(=O)Cl)c2)CC1. The molecule has 0 spiro atoms. The van der Waals surface area contributed by atoms with E-state index < -0.39 is 9.05 Å². The fourth-order valence-electron chi connectivity index (χ4n) is 2.43. The molecule has 1 aliphatic rings. The van der Waals surface area contributed by atoms with E-state index in [0.29, 0.717) is 6.54 Å². The molecule has 7 heteroatoms. The van der Waals surface area contributed by atoms with Gasteiger partial charge >= 0.3 is 0 Å². The highest BCUT2D eigenvalue weighted by atomic mass is 35.7. The van der Waals surface area contributed by atoms with Crippen molar-refractivity contribution < 1.29 is 13.2 Å². The van der Waals surface area contributed by atoms with Gasteiger partial charge in [-0.15, -0.1) is 0 Å². The van der Waals surface area contributed by atoms with Crippen LogP contribution in [0.4, 0.5) is 0 Å². The number of halogens is 2. The highest BCUT2D eigenvalue weighted by Gasteiger charge is 2.41. The molecule has 4 nitrogen and oxygen atoms in total. The van der Waals surface area contributed by atoms with Crippen molar-refractivity contribution in [3.63, 3.8) is 0 Å². The Balaban J connectivity index is 2.11. The maximum atomic E-state index is 12.1. The minimum Gasteiger partial charge on any atom is -0.351 e. The number of nitrogens with one attached hydrogen (secondary N) is 1. The van der Waals surface area contributed by atoms with Crippen LogP contribution in [0, 0.1) is 5.41 Å². The third-order valence-corrected chi connectivity index (χ3v) is 5.33. The molecule has 0 aliphatic heterocycles. The molecule has 1 amide bonds. The van der Waals surface area contributed by atoms with Crippen molar-refractivity contribution in [2.24, 2.45) is 5.41 Å². The van der Waals surface area contributed by atoms with E-state index in [1.165, 1.54) is 18.2 Å². The van der Waals surface area contributed by atoms with Gasteiger partial charge in [0.05, 0.1) is 4.90 Å². The summed E-state index contributed by atoms with van der Waals surface area (Å²) >= 11 is 5.85. The minimum absolute atomic E-state index is 0.163. The zero-order chi connectivity index (χ0) is 15.7. The summed E-state index contributed by atoms with van der Waals surface area (Å²) in [6, 6.07) is 3.89. The molecule has 1 aromatic carbocycles. The van der Waals surface area contributed by atoms with E-state index in [-0.39, 0.29) is 26.8 Å². The lowest BCUT2D eigenvalue weighted by Crippen LogP contribution is -2.30. The summed E-state index contributed by atoms with van der Waals surface area (Å²) in [5.74, 6) is -0.332. The predicted octanol–water partition coefficient (Wildman–Crippen LogP) is 3.58. The summed E-state index contributed by atoms with van der Waals surface area (Å²) in [5.41, 5.74) is 0.429. The van der Waals surface area contributed by atoms with Gasteiger partial charge in [0.15, 0.2) is 0 Å². The smallest absolute Gasteiger partial charge is 0.261 e. The van der Waals surface area contributed by atoms with Gasteiger partial charge in [-0.05, 0) is 42.9 Å². The number of hydrogen-bond donors (Lipinski definition) is 1. The fourth-order valence-corrected chi connectivity index (χ4v) is 3.53. The number of benzene rings is 1. The fraction of sp³-hybridized carbons (Fsp3) is 0.500. The van der Waals surface area contributed by atoms with E-state index in [4.69, 9.17) is 22.3 Å². The summed E-state index contributed by atoms with van der Waals surface area (Å²) in [6.07, 6.45) is 4.42. The molecule has 0 unspecified atom stereocenters. The lowest BCUT2D eigenvalue weighted by molar-refractivity contribution is 0.0943. The van der Waals surface area contributed by atoms with Gasteiger partial charge in [-0.3, -0.25) is 4.79 Å². The largest absolute Gasteiger partial charge is 0.351 e. The van der Waals surface area contributed by atoms with Crippen LogP contribution >= 0.6 is 22.3 Å². The molecule has 2 rings (SSSR count). The summed E-state index contributed by atoms with van der Waals surface area (Å²) in [6.45, 7) is 2.73. The van der Waals surface area contributed by atoms with Crippen molar-refractivity contribution in [2.75, 3.05) is 6.54 Å². The normalized spacial score (nSPS) is 16.5. The molecule has 1 aromatic rings. The number of carbonyl (C=O) groups is 1. The van der Waals surface area contributed by atoms with Crippen molar-refractivity contribution in [2.45, 2.75) is 37.5 Å². The van der Waals surface area contributed by atoms with Crippen LogP contribution in [-0.2, 0) is 9.05 Å². The van der Waals surface area contributed by atoms with E-state index in [0.717, 1.165) is 25.7 Å². The number of rotatable bonds is 6. The van der Waals surface area contributed by atoms with E-state index in [1.807, 2.05) is 0 Å². The topological polar surface area (TPSA) is 63.2 Å². The quantitative estimate of drug-likeness (QED) is 0.798. The molecule has 0 saturated heterocycles. The van der Waals surface area contributed by atoms with Gasteiger partial charge in [0.25, 0.3) is 15.0 Å². The van der Waals surface area contributed by atoms with E-state index in [9.17, 15) is 13.2 Å². The molecule has 0 radical (unpaired) electrons. The van der Waals surface area contributed by atoms with Crippen molar-refractivity contribution in [3.05, 3.63) is 28.8 Å². The van der Waals surface area contributed by atoms with Crippen LogP contribution in [0.5, 0.6) is 0 Å². The molecule has 1 fully saturated rings. The zero-order valence-corrected chi connectivity index (χ0v) is 14.0. The van der Waals surface area contributed by atoms with Gasteiger partial charge in [-0.1, -0.05) is 24.9 Å². The second-order valence-corrected chi connectivity index (χ2v) is 8.55. The molecule has 0 atom stereocenters.